The monoisotopic (exact) mass is 410 g/mol. The van der Waals surface area contributed by atoms with Crippen LogP contribution in [0.15, 0.2) is 30.0 Å². The maximum Gasteiger partial charge on any atom is 0.341 e. The van der Waals surface area contributed by atoms with Gasteiger partial charge >= 0.3 is 11.9 Å². The van der Waals surface area contributed by atoms with Crippen LogP contribution in [0.25, 0.3) is 5.52 Å². The molecule has 0 radical (unpaired) electrons. The van der Waals surface area contributed by atoms with E-state index in [1.807, 2.05) is 25.4 Å². The Labute approximate surface area is 167 Å². The third-order valence-corrected chi connectivity index (χ3v) is 3.94. The molecule has 0 bridgehead atoms. The van der Waals surface area contributed by atoms with Crippen molar-refractivity contribution in [3.05, 3.63) is 30.0 Å². The van der Waals surface area contributed by atoms with Gasteiger partial charge in [-0.15, -0.1) is 5.10 Å². The SMILES string of the molecule is CC1=CC(=O)OC1=O.CN(CC1CC1)c1nc(NN)c2cccn2n1.COCl. The number of carbonyl (C=O) groups excluding carboxylic acids is 2. The highest BCUT2D eigenvalue weighted by Crippen LogP contribution is 2.30. The predicted octanol–water partition coefficient (Wildman–Crippen LogP) is 1.66. The number of carbonyl (C=O) groups is 2. The summed E-state index contributed by atoms with van der Waals surface area (Å²) in [4.78, 5) is 26.9. The Morgan fingerprint density at radius 2 is 2.14 bits per heavy atom. The second-order valence-electron chi connectivity index (χ2n) is 6.26. The Hall–Kier alpha value is -2.69. The van der Waals surface area contributed by atoms with Crippen molar-refractivity contribution in [2.75, 3.05) is 31.0 Å². The first-order chi connectivity index (χ1) is 13.4. The fourth-order valence-electron chi connectivity index (χ4n) is 2.40. The van der Waals surface area contributed by atoms with Gasteiger partial charge in [-0.3, -0.25) is 4.29 Å². The molecule has 10 nitrogen and oxygen atoms in total. The first kappa shape index (κ1) is 21.6. The van der Waals surface area contributed by atoms with E-state index in [0.29, 0.717) is 17.3 Å². The van der Waals surface area contributed by atoms with Crippen molar-refractivity contribution >= 4 is 41.1 Å². The van der Waals surface area contributed by atoms with Crippen LogP contribution in [0.1, 0.15) is 19.8 Å². The smallest absolute Gasteiger partial charge is 0.341 e. The molecule has 3 N–H and O–H groups in total. The number of esters is 2. The van der Waals surface area contributed by atoms with Gasteiger partial charge in [0.1, 0.15) is 5.52 Å². The van der Waals surface area contributed by atoms with Crippen molar-refractivity contribution < 1.29 is 18.6 Å². The number of nitrogen functional groups attached to an aromatic ring is 1. The Morgan fingerprint density at radius 1 is 1.46 bits per heavy atom. The van der Waals surface area contributed by atoms with Crippen molar-refractivity contribution in [1.82, 2.24) is 14.6 Å². The molecule has 3 heterocycles. The number of cyclic esters (lactones) is 2. The van der Waals surface area contributed by atoms with Gasteiger partial charge in [0.15, 0.2) is 5.82 Å². The zero-order valence-electron chi connectivity index (χ0n) is 15.9. The standard InChI is InChI=1S/C11H16N6.C5H4O3.CH3ClO/c1-16(7-8-4-5-8)11-13-10(14-12)9-3-2-6-17(9)15-11;1-3-2-4(6)8-5(3)7;1-3-2/h2-3,6,8H,4-5,7,12H2,1H3,(H,13,14,15);2H,1H3;1H3. The molecule has 0 spiro atoms. The highest BCUT2D eigenvalue weighted by Gasteiger charge is 2.24. The minimum Gasteiger partial charge on any atom is -0.386 e. The summed E-state index contributed by atoms with van der Waals surface area (Å²) in [5, 5.41) is 4.46. The Balaban J connectivity index is 0.000000213. The molecule has 1 aliphatic heterocycles. The van der Waals surface area contributed by atoms with E-state index in [1.54, 1.807) is 4.52 Å². The molecule has 152 valence electrons. The van der Waals surface area contributed by atoms with Crippen LogP contribution < -0.4 is 16.2 Å². The summed E-state index contributed by atoms with van der Waals surface area (Å²) in [6.07, 6.45) is 5.70. The molecule has 0 saturated heterocycles. The van der Waals surface area contributed by atoms with Crippen LogP contribution in [0.3, 0.4) is 0 Å². The lowest BCUT2D eigenvalue weighted by molar-refractivity contribution is -0.150. The van der Waals surface area contributed by atoms with Crippen LogP contribution in [0.4, 0.5) is 11.8 Å². The van der Waals surface area contributed by atoms with Crippen LogP contribution in [0.2, 0.25) is 0 Å². The van der Waals surface area contributed by atoms with Crippen molar-refractivity contribution in [2.24, 2.45) is 11.8 Å². The molecular formula is C17H23ClN6O4. The Morgan fingerprint density at radius 3 is 2.61 bits per heavy atom. The summed E-state index contributed by atoms with van der Waals surface area (Å²) in [6.45, 7) is 2.55. The average molecular weight is 411 g/mol. The van der Waals surface area contributed by atoms with Gasteiger partial charge in [0.2, 0.25) is 5.95 Å². The predicted molar refractivity (Wildman–Crippen MR) is 105 cm³/mol. The number of fused-ring (bicyclic) bond motifs is 1. The van der Waals surface area contributed by atoms with Gasteiger partial charge in [-0.25, -0.2) is 19.9 Å². The number of anilines is 2. The van der Waals surface area contributed by atoms with Gasteiger partial charge in [0.05, 0.1) is 19.0 Å². The summed E-state index contributed by atoms with van der Waals surface area (Å²) >= 11 is 4.50. The van der Waals surface area contributed by atoms with Gasteiger partial charge < -0.3 is 15.1 Å². The molecule has 0 amide bonds. The molecule has 2 aromatic heterocycles. The van der Waals surface area contributed by atoms with E-state index >= 15 is 0 Å². The van der Waals surface area contributed by atoms with Crippen LogP contribution in [0, 0.1) is 5.92 Å². The second-order valence-corrected chi connectivity index (χ2v) is 6.57. The number of halogens is 1. The topological polar surface area (TPSA) is 124 Å². The van der Waals surface area contributed by atoms with E-state index in [9.17, 15) is 9.59 Å². The number of hydrazine groups is 1. The molecule has 28 heavy (non-hydrogen) atoms. The minimum atomic E-state index is -0.562. The molecular weight excluding hydrogens is 388 g/mol. The summed E-state index contributed by atoms with van der Waals surface area (Å²) in [6, 6.07) is 3.86. The van der Waals surface area contributed by atoms with E-state index < -0.39 is 11.9 Å². The highest BCUT2D eigenvalue weighted by atomic mass is 35.5. The number of rotatable bonds is 4. The molecule has 11 heteroatoms. The van der Waals surface area contributed by atoms with Crippen LogP contribution in [0.5, 0.6) is 0 Å². The molecule has 0 unspecified atom stereocenters. The summed E-state index contributed by atoms with van der Waals surface area (Å²) in [5.41, 5.74) is 3.88. The average Bonchev–Trinajstić information content (AvgIpc) is 3.24. The van der Waals surface area contributed by atoms with E-state index in [0.717, 1.165) is 18.0 Å². The number of ether oxygens (including phenoxy) is 1. The molecule has 2 aromatic rings. The van der Waals surface area contributed by atoms with Gasteiger partial charge in [0, 0.05) is 31.4 Å². The van der Waals surface area contributed by atoms with Crippen LogP contribution in [-0.2, 0) is 18.6 Å². The summed E-state index contributed by atoms with van der Waals surface area (Å²) < 4.78 is 9.62. The molecule has 4 rings (SSSR count). The molecule has 1 aliphatic carbocycles. The molecule has 0 atom stereocenters. The molecule has 1 saturated carbocycles. The van der Waals surface area contributed by atoms with E-state index in [2.05, 4.69) is 41.3 Å². The number of hydrogen-bond acceptors (Lipinski definition) is 9. The van der Waals surface area contributed by atoms with Crippen molar-refractivity contribution in [1.29, 1.82) is 0 Å². The van der Waals surface area contributed by atoms with Crippen molar-refractivity contribution in [3.63, 3.8) is 0 Å². The first-order valence-corrected chi connectivity index (χ1v) is 8.82. The number of aromatic nitrogens is 3. The third kappa shape index (κ3) is 5.91. The highest BCUT2D eigenvalue weighted by molar-refractivity contribution is 6.08. The van der Waals surface area contributed by atoms with Crippen LogP contribution in [-0.4, -0.2) is 47.2 Å². The fraction of sp³-hybridized carbons (Fsp3) is 0.412. The first-order valence-electron chi connectivity index (χ1n) is 8.51. The Kier molecular flexibility index (Phi) is 7.73. The maximum absolute atomic E-state index is 10.3. The number of nitrogens with two attached hydrogens (primary N) is 1. The zero-order valence-corrected chi connectivity index (χ0v) is 16.6. The van der Waals surface area contributed by atoms with Gasteiger partial charge in [-0.2, -0.15) is 4.98 Å². The van der Waals surface area contributed by atoms with Crippen molar-refractivity contribution in [3.8, 4) is 0 Å². The number of nitrogens with one attached hydrogen (secondary N) is 1. The van der Waals surface area contributed by atoms with Gasteiger partial charge in [-0.05, 0) is 37.8 Å². The van der Waals surface area contributed by atoms with Gasteiger partial charge in [0.25, 0.3) is 0 Å². The van der Waals surface area contributed by atoms with Gasteiger partial charge in [-0.1, -0.05) is 0 Å². The minimum absolute atomic E-state index is 0.370. The largest absolute Gasteiger partial charge is 0.386 e. The van der Waals surface area contributed by atoms with Crippen LogP contribution >= 0.6 is 11.9 Å². The molecule has 0 aromatic carbocycles. The molecule has 2 aliphatic rings. The quantitative estimate of drug-likeness (QED) is 0.335. The van der Waals surface area contributed by atoms with Crippen molar-refractivity contribution in [2.45, 2.75) is 19.8 Å². The third-order valence-electron chi connectivity index (χ3n) is 3.94. The lowest BCUT2D eigenvalue weighted by Gasteiger charge is -2.17. The summed E-state index contributed by atoms with van der Waals surface area (Å²) in [7, 11) is 3.41. The lowest BCUT2D eigenvalue weighted by Crippen LogP contribution is -2.24. The molecule has 1 fully saturated rings. The normalized spacial score (nSPS) is 15.1. The lowest BCUT2D eigenvalue weighted by atomic mass is 10.3. The zero-order chi connectivity index (χ0) is 20.7. The van der Waals surface area contributed by atoms with E-state index in [1.165, 1.54) is 33.0 Å². The Bertz CT molecular complexity index is 864. The van der Waals surface area contributed by atoms with E-state index in [-0.39, 0.29) is 0 Å². The summed E-state index contributed by atoms with van der Waals surface area (Å²) in [5.74, 6) is 6.55. The fourth-order valence-corrected chi connectivity index (χ4v) is 2.40. The maximum atomic E-state index is 10.3. The van der Waals surface area contributed by atoms with E-state index in [4.69, 9.17) is 5.84 Å². The number of hydrogen-bond donors (Lipinski definition) is 2. The second kappa shape index (κ2) is 10.0. The number of nitrogens with zero attached hydrogens (tertiary/aromatic N) is 4.